The van der Waals surface area contributed by atoms with Crippen LogP contribution in [0.5, 0.6) is 0 Å². The van der Waals surface area contributed by atoms with Gasteiger partial charge < -0.3 is 20.5 Å². The van der Waals surface area contributed by atoms with Gasteiger partial charge in [0.2, 0.25) is 9.52 Å². The maximum Gasteiger partial charge on any atom is 0.317 e. The number of carbonyl (C=O) groups excluding carboxylic acids is 2. The molecule has 126 valence electrons. The number of amides is 2. The van der Waals surface area contributed by atoms with E-state index in [4.69, 9.17) is 39.5 Å². The molecular weight excluding hydrogens is 367 g/mol. The maximum atomic E-state index is 12.4. The van der Waals surface area contributed by atoms with Crippen molar-refractivity contribution in [3.63, 3.8) is 0 Å². The van der Waals surface area contributed by atoms with E-state index in [0.29, 0.717) is 5.56 Å². The van der Waals surface area contributed by atoms with Crippen LogP contribution in [0.4, 0.5) is 4.79 Å². The second-order valence-corrected chi connectivity index (χ2v) is 7.26. The van der Waals surface area contributed by atoms with Crippen molar-refractivity contribution in [3.05, 3.63) is 35.9 Å². The van der Waals surface area contributed by atoms with Crippen LogP contribution in [0.3, 0.4) is 0 Å². The first-order valence-corrected chi connectivity index (χ1v) is 7.93. The lowest BCUT2D eigenvalue weighted by molar-refractivity contribution is -0.164. The van der Waals surface area contributed by atoms with Gasteiger partial charge in [0.05, 0.1) is 12.6 Å². The number of carbonyl (C=O) groups is 2. The Morgan fingerprint density at radius 1 is 1.35 bits per heavy atom. The minimum Gasteiger partial charge on any atom is -0.466 e. The molecule has 0 aromatic heterocycles. The molecule has 0 radical (unpaired) electrons. The van der Waals surface area contributed by atoms with Crippen LogP contribution in [0.25, 0.3) is 0 Å². The lowest BCUT2D eigenvalue weighted by Gasteiger charge is -2.46. The van der Waals surface area contributed by atoms with Crippen molar-refractivity contribution < 1.29 is 19.4 Å². The van der Waals surface area contributed by atoms with Gasteiger partial charge in [-0.15, -0.1) is 0 Å². The topological polar surface area (TPSA) is 87.7 Å². The summed E-state index contributed by atoms with van der Waals surface area (Å²) in [6.07, 6.45) is 0. The first kappa shape index (κ1) is 18.1. The molecule has 23 heavy (non-hydrogen) atoms. The molecule has 0 aliphatic carbocycles. The van der Waals surface area contributed by atoms with E-state index in [2.05, 4.69) is 10.6 Å². The molecule has 1 fully saturated rings. The molecule has 3 atom stereocenters. The third-order valence-electron chi connectivity index (χ3n) is 3.51. The molecule has 0 unspecified atom stereocenters. The van der Waals surface area contributed by atoms with Crippen molar-refractivity contribution in [2.75, 3.05) is 6.61 Å². The fourth-order valence-corrected chi connectivity index (χ4v) is 2.97. The molecule has 6 nitrogen and oxygen atoms in total. The predicted octanol–water partition coefficient (Wildman–Crippen LogP) is 2.28. The normalized spacial score (nSPS) is 27.8. The first-order chi connectivity index (χ1) is 10.7. The average Bonchev–Trinajstić information content (AvgIpc) is 2.46. The van der Waals surface area contributed by atoms with E-state index in [0.717, 1.165) is 0 Å². The Kier molecular flexibility index (Phi) is 5.30. The standard InChI is InChI=1S/C14H15Cl3N2O4/c1-2-23-11(20)9-10(8-6-4-3-5-7-8)18-12(21)19-13(9,22)14(15,16)17/h3-7,9-10,22H,2H2,1H3,(H2,18,19,21)/t9-,10+,13-/m0/s1. The molecule has 1 heterocycles. The first-order valence-electron chi connectivity index (χ1n) is 6.80. The van der Waals surface area contributed by atoms with E-state index >= 15 is 0 Å². The van der Waals surface area contributed by atoms with Crippen LogP contribution in [0.1, 0.15) is 18.5 Å². The van der Waals surface area contributed by atoms with E-state index in [1.165, 1.54) is 0 Å². The van der Waals surface area contributed by atoms with Gasteiger partial charge in [0.25, 0.3) is 0 Å². The molecule has 1 aliphatic rings. The number of hydrogen-bond acceptors (Lipinski definition) is 4. The van der Waals surface area contributed by atoms with E-state index in [-0.39, 0.29) is 6.61 Å². The van der Waals surface area contributed by atoms with Gasteiger partial charge in [0.1, 0.15) is 5.92 Å². The van der Waals surface area contributed by atoms with E-state index in [9.17, 15) is 14.7 Å². The molecule has 0 spiro atoms. The number of alkyl halides is 3. The summed E-state index contributed by atoms with van der Waals surface area (Å²) >= 11 is 17.5. The van der Waals surface area contributed by atoms with Gasteiger partial charge in [0, 0.05) is 0 Å². The van der Waals surface area contributed by atoms with Crippen LogP contribution in [-0.2, 0) is 9.53 Å². The third kappa shape index (κ3) is 3.50. The lowest BCUT2D eigenvalue weighted by Crippen LogP contribution is -2.72. The molecule has 1 aromatic carbocycles. The van der Waals surface area contributed by atoms with E-state index in [1.807, 2.05) is 0 Å². The van der Waals surface area contributed by atoms with E-state index < -0.39 is 33.5 Å². The number of halogens is 3. The largest absolute Gasteiger partial charge is 0.466 e. The summed E-state index contributed by atoms with van der Waals surface area (Å²) < 4.78 is 2.64. The van der Waals surface area contributed by atoms with Gasteiger partial charge in [0.15, 0.2) is 0 Å². The zero-order valence-electron chi connectivity index (χ0n) is 12.1. The summed E-state index contributed by atoms with van der Waals surface area (Å²) in [5, 5.41) is 15.5. The van der Waals surface area contributed by atoms with Crippen molar-refractivity contribution >= 4 is 46.8 Å². The van der Waals surface area contributed by atoms with Crippen LogP contribution < -0.4 is 10.6 Å². The van der Waals surface area contributed by atoms with Crippen molar-refractivity contribution in [1.29, 1.82) is 0 Å². The third-order valence-corrected chi connectivity index (χ3v) is 4.37. The molecule has 1 aromatic rings. The zero-order valence-corrected chi connectivity index (χ0v) is 14.3. The van der Waals surface area contributed by atoms with Crippen LogP contribution in [-0.4, -0.2) is 33.2 Å². The molecule has 0 saturated carbocycles. The number of rotatable bonds is 3. The summed E-state index contributed by atoms with van der Waals surface area (Å²) in [6.45, 7) is 1.68. The van der Waals surface area contributed by atoms with Crippen LogP contribution >= 0.6 is 34.8 Å². The second kappa shape index (κ2) is 6.73. The molecular formula is C14H15Cl3N2O4. The minimum absolute atomic E-state index is 0.0702. The van der Waals surface area contributed by atoms with Crippen molar-refractivity contribution in [2.24, 2.45) is 5.92 Å². The molecule has 0 bridgehead atoms. The SMILES string of the molecule is CCOC(=O)[C@@H]1[C@@H](c2ccccc2)NC(=O)N[C@@]1(O)C(Cl)(Cl)Cl. The molecule has 1 saturated heterocycles. The number of hydrogen-bond donors (Lipinski definition) is 3. The number of urea groups is 1. The summed E-state index contributed by atoms with van der Waals surface area (Å²) in [5.41, 5.74) is -1.87. The Morgan fingerprint density at radius 3 is 2.48 bits per heavy atom. The summed E-state index contributed by atoms with van der Waals surface area (Å²) in [4.78, 5) is 24.3. The monoisotopic (exact) mass is 380 g/mol. The highest BCUT2D eigenvalue weighted by molar-refractivity contribution is 6.68. The average molecular weight is 382 g/mol. The maximum absolute atomic E-state index is 12.4. The minimum atomic E-state index is -2.44. The second-order valence-electron chi connectivity index (χ2n) is 4.98. The van der Waals surface area contributed by atoms with Crippen molar-refractivity contribution in [1.82, 2.24) is 10.6 Å². The number of nitrogens with one attached hydrogen (secondary N) is 2. The Morgan fingerprint density at radius 2 is 1.96 bits per heavy atom. The number of aliphatic hydroxyl groups is 1. The molecule has 1 aliphatic heterocycles. The van der Waals surface area contributed by atoms with E-state index in [1.54, 1.807) is 37.3 Å². The highest BCUT2D eigenvalue weighted by atomic mass is 35.6. The number of ether oxygens (including phenoxy) is 1. The quantitative estimate of drug-likeness (QED) is 0.554. The molecule has 9 heteroatoms. The Labute approximate surface area is 148 Å². The summed E-state index contributed by atoms with van der Waals surface area (Å²) in [5.74, 6) is -2.17. The van der Waals surface area contributed by atoms with Crippen LogP contribution in [0.2, 0.25) is 0 Å². The van der Waals surface area contributed by atoms with Gasteiger partial charge >= 0.3 is 12.0 Å². The van der Waals surface area contributed by atoms with Gasteiger partial charge in [-0.3, -0.25) is 4.79 Å². The Bertz CT molecular complexity index is 593. The highest BCUT2D eigenvalue weighted by Crippen LogP contribution is 2.47. The van der Waals surface area contributed by atoms with Gasteiger partial charge in [-0.05, 0) is 12.5 Å². The van der Waals surface area contributed by atoms with Crippen LogP contribution in [0, 0.1) is 5.92 Å². The number of benzene rings is 1. The molecule has 3 N–H and O–H groups in total. The smallest absolute Gasteiger partial charge is 0.317 e. The highest BCUT2D eigenvalue weighted by Gasteiger charge is 2.62. The summed E-state index contributed by atoms with van der Waals surface area (Å²) in [7, 11) is 0. The Balaban J connectivity index is 2.54. The van der Waals surface area contributed by atoms with Crippen LogP contribution in [0.15, 0.2) is 30.3 Å². The van der Waals surface area contributed by atoms with Gasteiger partial charge in [-0.25, -0.2) is 4.79 Å². The fourth-order valence-electron chi connectivity index (χ4n) is 2.47. The van der Waals surface area contributed by atoms with Crippen molar-refractivity contribution in [3.8, 4) is 0 Å². The Hall–Kier alpha value is -1.21. The summed E-state index contributed by atoms with van der Waals surface area (Å²) in [6, 6.07) is 6.88. The fraction of sp³-hybridized carbons (Fsp3) is 0.429. The predicted molar refractivity (Wildman–Crippen MR) is 86.2 cm³/mol. The number of esters is 1. The van der Waals surface area contributed by atoms with Gasteiger partial charge in [-0.2, -0.15) is 0 Å². The molecule has 2 rings (SSSR count). The van der Waals surface area contributed by atoms with Gasteiger partial charge in [-0.1, -0.05) is 65.1 Å². The zero-order chi connectivity index (χ0) is 17.3. The lowest BCUT2D eigenvalue weighted by atomic mass is 9.83. The van der Waals surface area contributed by atoms with Crippen molar-refractivity contribution in [2.45, 2.75) is 22.5 Å². The molecule has 2 amide bonds.